The van der Waals surface area contributed by atoms with Crippen LogP contribution in [0.2, 0.25) is 0 Å². The molecular formula is C14H16N2O2S. The highest BCUT2D eigenvalue weighted by molar-refractivity contribution is 8.01. The van der Waals surface area contributed by atoms with Gasteiger partial charge in [-0.1, -0.05) is 18.2 Å². The van der Waals surface area contributed by atoms with Gasteiger partial charge in [0, 0.05) is 17.9 Å². The van der Waals surface area contributed by atoms with Crippen LogP contribution in [0.15, 0.2) is 30.3 Å². The van der Waals surface area contributed by atoms with E-state index in [1.54, 1.807) is 16.7 Å². The predicted molar refractivity (Wildman–Crippen MR) is 75.8 cm³/mol. The molecular weight excluding hydrogens is 260 g/mol. The van der Waals surface area contributed by atoms with Crippen molar-refractivity contribution in [3.63, 3.8) is 0 Å². The second kappa shape index (κ2) is 4.56. The Hall–Kier alpha value is -1.49. The first-order chi connectivity index (χ1) is 9.10. The number of nitrogens with zero attached hydrogens (tertiary/aromatic N) is 1. The van der Waals surface area contributed by atoms with Crippen LogP contribution in [0.1, 0.15) is 19.8 Å². The summed E-state index contributed by atoms with van der Waals surface area (Å²) in [4.78, 5) is 25.9. The van der Waals surface area contributed by atoms with Gasteiger partial charge in [0.2, 0.25) is 11.8 Å². The Kier molecular flexibility index (Phi) is 3.01. The molecule has 0 bridgehead atoms. The molecule has 3 rings (SSSR count). The molecule has 0 unspecified atom stereocenters. The third kappa shape index (κ3) is 2.12. The molecule has 2 amide bonds. The van der Waals surface area contributed by atoms with E-state index in [1.165, 1.54) is 0 Å². The summed E-state index contributed by atoms with van der Waals surface area (Å²) in [5, 5.41) is 2.89. The summed E-state index contributed by atoms with van der Waals surface area (Å²) in [5.41, 5.74) is 0.776. The average molecular weight is 276 g/mol. The fraction of sp³-hybridized carbons (Fsp3) is 0.429. The molecule has 4 nitrogen and oxygen atoms in total. The Labute approximate surface area is 116 Å². The molecule has 2 fully saturated rings. The summed E-state index contributed by atoms with van der Waals surface area (Å²) in [6.07, 6.45) is 1.39. The van der Waals surface area contributed by atoms with Crippen molar-refractivity contribution in [3.8, 4) is 0 Å². The molecule has 1 aromatic rings. The largest absolute Gasteiger partial charge is 0.324 e. The van der Waals surface area contributed by atoms with Gasteiger partial charge in [-0.3, -0.25) is 9.59 Å². The number of fused-ring (bicyclic) bond motifs is 1. The lowest BCUT2D eigenvalue weighted by Crippen LogP contribution is -2.48. The molecule has 19 heavy (non-hydrogen) atoms. The fourth-order valence-electron chi connectivity index (χ4n) is 2.76. The first kappa shape index (κ1) is 12.5. The standard InChI is InChI=1S/C14H16N2O2S/c1-14-8-7-12(17)16(14)11(9-19-14)13(18)15-10-5-3-2-4-6-10/h2-6,11H,7-9H2,1H3,(H,15,18)/t11-,14+/m1/s1. The van der Waals surface area contributed by atoms with Crippen LogP contribution in [0.25, 0.3) is 0 Å². The topological polar surface area (TPSA) is 49.4 Å². The van der Waals surface area contributed by atoms with E-state index in [9.17, 15) is 9.59 Å². The molecule has 1 aromatic carbocycles. The van der Waals surface area contributed by atoms with Crippen LogP contribution in [-0.2, 0) is 9.59 Å². The number of rotatable bonds is 2. The highest BCUT2D eigenvalue weighted by atomic mass is 32.2. The Balaban J connectivity index is 1.76. The molecule has 2 saturated heterocycles. The quantitative estimate of drug-likeness (QED) is 0.899. The van der Waals surface area contributed by atoms with Gasteiger partial charge in [-0.05, 0) is 25.5 Å². The molecule has 0 spiro atoms. The normalized spacial score (nSPS) is 29.4. The van der Waals surface area contributed by atoms with Gasteiger partial charge in [-0.2, -0.15) is 0 Å². The summed E-state index contributed by atoms with van der Waals surface area (Å²) < 4.78 is 0. The number of nitrogens with one attached hydrogen (secondary N) is 1. The first-order valence-electron chi connectivity index (χ1n) is 6.42. The number of amides is 2. The lowest BCUT2D eigenvalue weighted by molar-refractivity contribution is -0.135. The van der Waals surface area contributed by atoms with Gasteiger partial charge in [0.15, 0.2) is 0 Å². The molecule has 2 aliphatic rings. The molecule has 5 heteroatoms. The number of thioether (sulfide) groups is 1. The molecule has 1 N–H and O–H groups in total. The van der Waals surface area contributed by atoms with Crippen LogP contribution >= 0.6 is 11.8 Å². The average Bonchev–Trinajstić information content (AvgIpc) is 2.88. The number of hydrogen-bond donors (Lipinski definition) is 1. The SMILES string of the molecule is C[C@]12CCC(=O)N1[C@@H](C(=O)Nc1ccccc1)CS2. The summed E-state index contributed by atoms with van der Waals surface area (Å²) >= 11 is 1.71. The minimum absolute atomic E-state index is 0.0855. The molecule has 2 aliphatic heterocycles. The van der Waals surface area contributed by atoms with Crippen LogP contribution in [-0.4, -0.2) is 33.4 Å². The van der Waals surface area contributed by atoms with Crippen LogP contribution < -0.4 is 5.32 Å². The highest BCUT2D eigenvalue weighted by Crippen LogP contribution is 2.47. The summed E-state index contributed by atoms with van der Waals surface area (Å²) in [6, 6.07) is 9.03. The molecule has 0 aromatic heterocycles. The molecule has 0 saturated carbocycles. The van der Waals surface area contributed by atoms with Crippen molar-refractivity contribution in [3.05, 3.63) is 30.3 Å². The zero-order valence-electron chi connectivity index (χ0n) is 10.8. The third-order valence-electron chi connectivity index (χ3n) is 3.79. The van der Waals surface area contributed by atoms with E-state index in [0.717, 1.165) is 12.1 Å². The van der Waals surface area contributed by atoms with Crippen LogP contribution in [0.5, 0.6) is 0 Å². The predicted octanol–water partition coefficient (Wildman–Crippen LogP) is 2.08. The maximum absolute atomic E-state index is 12.3. The van der Waals surface area contributed by atoms with E-state index < -0.39 is 0 Å². The van der Waals surface area contributed by atoms with Crippen molar-refractivity contribution >= 4 is 29.3 Å². The van der Waals surface area contributed by atoms with E-state index >= 15 is 0 Å². The Morgan fingerprint density at radius 2 is 2.16 bits per heavy atom. The van der Waals surface area contributed by atoms with Gasteiger partial charge in [-0.25, -0.2) is 0 Å². The minimum Gasteiger partial charge on any atom is -0.324 e. The number of hydrogen-bond acceptors (Lipinski definition) is 3. The van der Waals surface area contributed by atoms with Crippen molar-refractivity contribution < 1.29 is 9.59 Å². The van der Waals surface area contributed by atoms with Gasteiger partial charge >= 0.3 is 0 Å². The Morgan fingerprint density at radius 1 is 1.42 bits per heavy atom. The second-order valence-corrected chi connectivity index (χ2v) is 6.62. The first-order valence-corrected chi connectivity index (χ1v) is 7.41. The minimum atomic E-state index is -0.342. The highest BCUT2D eigenvalue weighted by Gasteiger charge is 2.52. The van der Waals surface area contributed by atoms with Crippen molar-refractivity contribution in [2.75, 3.05) is 11.1 Å². The van der Waals surface area contributed by atoms with Crippen LogP contribution in [0.4, 0.5) is 5.69 Å². The second-order valence-electron chi connectivity index (χ2n) is 5.12. The maximum Gasteiger partial charge on any atom is 0.248 e. The van der Waals surface area contributed by atoms with E-state index in [4.69, 9.17) is 0 Å². The number of para-hydroxylation sites is 1. The monoisotopic (exact) mass is 276 g/mol. The maximum atomic E-state index is 12.3. The van der Waals surface area contributed by atoms with Crippen molar-refractivity contribution in [1.82, 2.24) is 4.90 Å². The Morgan fingerprint density at radius 3 is 2.89 bits per heavy atom. The van der Waals surface area contributed by atoms with Gasteiger partial charge in [0.25, 0.3) is 0 Å². The van der Waals surface area contributed by atoms with Gasteiger partial charge in [0.1, 0.15) is 6.04 Å². The fourth-order valence-corrected chi connectivity index (χ4v) is 4.19. The lowest BCUT2D eigenvalue weighted by atomic mass is 10.2. The van der Waals surface area contributed by atoms with Crippen molar-refractivity contribution in [2.24, 2.45) is 0 Å². The lowest BCUT2D eigenvalue weighted by Gasteiger charge is -2.29. The summed E-state index contributed by atoms with van der Waals surface area (Å²) in [6.45, 7) is 2.05. The molecule has 0 radical (unpaired) electrons. The number of carbonyl (C=O) groups is 2. The summed E-state index contributed by atoms with van der Waals surface area (Å²) in [5.74, 6) is 0.694. The van der Waals surface area contributed by atoms with Gasteiger partial charge in [0.05, 0.1) is 4.87 Å². The van der Waals surface area contributed by atoms with Crippen molar-refractivity contribution in [1.29, 1.82) is 0 Å². The zero-order valence-corrected chi connectivity index (χ0v) is 11.6. The smallest absolute Gasteiger partial charge is 0.248 e. The number of benzene rings is 1. The molecule has 2 heterocycles. The molecule has 2 atom stereocenters. The zero-order chi connectivity index (χ0) is 13.5. The summed E-state index contributed by atoms with van der Waals surface area (Å²) in [7, 11) is 0. The van der Waals surface area contributed by atoms with Crippen molar-refractivity contribution in [2.45, 2.75) is 30.7 Å². The van der Waals surface area contributed by atoms with E-state index in [0.29, 0.717) is 12.2 Å². The van der Waals surface area contributed by atoms with E-state index in [-0.39, 0.29) is 22.7 Å². The third-order valence-corrected chi connectivity index (χ3v) is 5.29. The van der Waals surface area contributed by atoms with E-state index in [2.05, 4.69) is 12.2 Å². The van der Waals surface area contributed by atoms with Crippen LogP contribution in [0.3, 0.4) is 0 Å². The van der Waals surface area contributed by atoms with Gasteiger partial charge < -0.3 is 10.2 Å². The number of anilines is 1. The molecule has 100 valence electrons. The van der Waals surface area contributed by atoms with E-state index in [1.807, 2.05) is 30.3 Å². The Bertz CT molecular complexity index is 519. The molecule has 0 aliphatic carbocycles. The van der Waals surface area contributed by atoms with Gasteiger partial charge in [-0.15, -0.1) is 11.8 Å². The van der Waals surface area contributed by atoms with Crippen LogP contribution in [0, 0.1) is 0 Å². The number of carbonyl (C=O) groups excluding carboxylic acids is 2.